The molecule has 0 aliphatic carbocycles. The van der Waals surface area contributed by atoms with Gasteiger partial charge in [0.05, 0.1) is 0 Å². The Kier molecular flexibility index (Phi) is 6.08. The van der Waals surface area contributed by atoms with Crippen molar-refractivity contribution in [2.24, 2.45) is 0 Å². The number of rotatable bonds is 4. The van der Waals surface area contributed by atoms with E-state index in [2.05, 4.69) is 5.32 Å². The zero-order valence-corrected chi connectivity index (χ0v) is 15.2. The molecule has 0 radical (unpaired) electrons. The lowest BCUT2D eigenvalue weighted by atomic mass is 9.92. The summed E-state index contributed by atoms with van der Waals surface area (Å²) >= 11 is 0. The van der Waals surface area contributed by atoms with Crippen molar-refractivity contribution in [3.8, 4) is 0 Å². The third kappa shape index (κ3) is 4.25. The standard InChI is InChI=1S/C20H22F2N2O2/c1-11(2)13-7-5-8-14(12(3)4)17(13)23-19(25)20(26)24-18-15(21)9-6-10-16(18)22/h5-12H,1-4H3,(H,23,25)(H,24,26). The van der Waals surface area contributed by atoms with Crippen LogP contribution in [0.1, 0.15) is 50.7 Å². The van der Waals surface area contributed by atoms with Gasteiger partial charge in [-0.25, -0.2) is 8.78 Å². The number of para-hydroxylation sites is 2. The summed E-state index contributed by atoms with van der Waals surface area (Å²) in [6.07, 6.45) is 0. The molecule has 26 heavy (non-hydrogen) atoms. The summed E-state index contributed by atoms with van der Waals surface area (Å²) < 4.78 is 27.3. The number of amides is 2. The first-order chi connectivity index (χ1) is 12.2. The number of hydrogen-bond acceptors (Lipinski definition) is 2. The lowest BCUT2D eigenvalue weighted by Gasteiger charge is -2.20. The summed E-state index contributed by atoms with van der Waals surface area (Å²) in [5, 5.41) is 4.60. The van der Waals surface area contributed by atoms with Crippen LogP contribution in [0.5, 0.6) is 0 Å². The predicted octanol–water partition coefficient (Wildman–Crippen LogP) is 4.79. The van der Waals surface area contributed by atoms with Gasteiger partial charge in [-0.05, 0) is 35.1 Å². The molecule has 0 atom stereocenters. The molecule has 0 bridgehead atoms. The van der Waals surface area contributed by atoms with E-state index < -0.39 is 29.1 Å². The highest BCUT2D eigenvalue weighted by Crippen LogP contribution is 2.32. The van der Waals surface area contributed by atoms with Gasteiger partial charge in [-0.15, -0.1) is 0 Å². The van der Waals surface area contributed by atoms with E-state index in [9.17, 15) is 18.4 Å². The fourth-order valence-corrected chi connectivity index (χ4v) is 2.65. The van der Waals surface area contributed by atoms with Crippen molar-refractivity contribution in [2.45, 2.75) is 39.5 Å². The van der Waals surface area contributed by atoms with Crippen LogP contribution in [0.3, 0.4) is 0 Å². The highest BCUT2D eigenvalue weighted by molar-refractivity contribution is 6.43. The zero-order chi connectivity index (χ0) is 19.4. The molecule has 2 rings (SSSR count). The molecule has 0 heterocycles. The third-order valence-corrected chi connectivity index (χ3v) is 4.02. The highest BCUT2D eigenvalue weighted by Gasteiger charge is 2.22. The van der Waals surface area contributed by atoms with E-state index in [4.69, 9.17) is 0 Å². The van der Waals surface area contributed by atoms with Crippen LogP contribution >= 0.6 is 0 Å². The Morgan fingerprint density at radius 3 is 1.54 bits per heavy atom. The minimum Gasteiger partial charge on any atom is -0.317 e. The van der Waals surface area contributed by atoms with Crippen molar-refractivity contribution in [1.29, 1.82) is 0 Å². The zero-order valence-electron chi connectivity index (χ0n) is 15.2. The van der Waals surface area contributed by atoms with Crippen molar-refractivity contribution in [2.75, 3.05) is 10.6 Å². The number of carbonyl (C=O) groups is 2. The van der Waals surface area contributed by atoms with Crippen LogP contribution in [-0.2, 0) is 9.59 Å². The molecule has 0 spiro atoms. The second kappa shape index (κ2) is 8.08. The Morgan fingerprint density at radius 2 is 1.12 bits per heavy atom. The number of hydrogen-bond donors (Lipinski definition) is 2. The van der Waals surface area contributed by atoms with Crippen molar-refractivity contribution in [3.63, 3.8) is 0 Å². The lowest BCUT2D eigenvalue weighted by Crippen LogP contribution is -2.30. The van der Waals surface area contributed by atoms with E-state index in [1.165, 1.54) is 6.07 Å². The van der Waals surface area contributed by atoms with Gasteiger partial charge in [-0.3, -0.25) is 9.59 Å². The Bertz CT molecular complexity index is 786. The summed E-state index contributed by atoms with van der Waals surface area (Å²) in [7, 11) is 0. The Morgan fingerprint density at radius 1 is 0.731 bits per heavy atom. The molecule has 0 aromatic heterocycles. The smallest absolute Gasteiger partial charge is 0.314 e. The molecule has 2 amide bonds. The van der Waals surface area contributed by atoms with Crippen LogP contribution in [0.15, 0.2) is 36.4 Å². The van der Waals surface area contributed by atoms with Crippen molar-refractivity contribution in [1.82, 2.24) is 0 Å². The fraction of sp³-hybridized carbons (Fsp3) is 0.300. The van der Waals surface area contributed by atoms with E-state index in [-0.39, 0.29) is 11.8 Å². The molecule has 2 aromatic carbocycles. The molecular formula is C20H22F2N2O2. The SMILES string of the molecule is CC(C)c1cccc(C(C)C)c1NC(=O)C(=O)Nc1c(F)cccc1F. The van der Waals surface area contributed by atoms with Crippen LogP contribution in [0.25, 0.3) is 0 Å². The monoisotopic (exact) mass is 360 g/mol. The van der Waals surface area contributed by atoms with Crippen molar-refractivity contribution >= 4 is 23.2 Å². The van der Waals surface area contributed by atoms with Crippen LogP contribution in [0.2, 0.25) is 0 Å². The van der Waals surface area contributed by atoms with Gasteiger partial charge in [-0.2, -0.15) is 0 Å². The van der Waals surface area contributed by atoms with Gasteiger partial charge in [0.25, 0.3) is 0 Å². The molecule has 0 aliphatic rings. The van der Waals surface area contributed by atoms with Crippen LogP contribution < -0.4 is 10.6 Å². The van der Waals surface area contributed by atoms with E-state index in [0.717, 1.165) is 23.3 Å². The predicted molar refractivity (Wildman–Crippen MR) is 98.2 cm³/mol. The highest BCUT2D eigenvalue weighted by atomic mass is 19.1. The normalized spacial score (nSPS) is 10.9. The van der Waals surface area contributed by atoms with E-state index >= 15 is 0 Å². The molecule has 0 aliphatic heterocycles. The fourth-order valence-electron chi connectivity index (χ4n) is 2.65. The molecule has 2 N–H and O–H groups in total. The average Bonchev–Trinajstić information content (AvgIpc) is 2.57. The van der Waals surface area contributed by atoms with Crippen molar-refractivity contribution in [3.05, 3.63) is 59.2 Å². The number of benzene rings is 2. The Labute approximate surface area is 151 Å². The van der Waals surface area contributed by atoms with Crippen LogP contribution in [0.4, 0.5) is 20.2 Å². The molecule has 6 heteroatoms. The van der Waals surface area contributed by atoms with Gasteiger partial charge in [0, 0.05) is 5.69 Å². The number of nitrogens with one attached hydrogen (secondary N) is 2. The molecule has 0 fully saturated rings. The summed E-state index contributed by atoms with van der Waals surface area (Å²) in [4.78, 5) is 24.4. The van der Waals surface area contributed by atoms with Gasteiger partial charge in [0.15, 0.2) is 0 Å². The first-order valence-corrected chi connectivity index (χ1v) is 8.41. The second-order valence-electron chi connectivity index (χ2n) is 6.63. The van der Waals surface area contributed by atoms with Gasteiger partial charge in [0.1, 0.15) is 17.3 Å². The topological polar surface area (TPSA) is 58.2 Å². The van der Waals surface area contributed by atoms with Gasteiger partial charge in [0.2, 0.25) is 0 Å². The maximum atomic E-state index is 13.7. The molecule has 0 unspecified atom stereocenters. The quantitative estimate of drug-likeness (QED) is 0.770. The minimum atomic E-state index is -1.14. The maximum Gasteiger partial charge on any atom is 0.314 e. The van der Waals surface area contributed by atoms with Gasteiger partial charge >= 0.3 is 11.8 Å². The first kappa shape index (κ1) is 19.6. The third-order valence-electron chi connectivity index (χ3n) is 4.02. The summed E-state index contributed by atoms with van der Waals surface area (Å²) in [5.74, 6) is -3.77. The molecule has 0 saturated carbocycles. The van der Waals surface area contributed by atoms with Crippen LogP contribution in [-0.4, -0.2) is 11.8 Å². The van der Waals surface area contributed by atoms with Crippen molar-refractivity contribution < 1.29 is 18.4 Å². The van der Waals surface area contributed by atoms with E-state index in [1.807, 2.05) is 51.2 Å². The number of carbonyl (C=O) groups excluding carboxylic acids is 2. The minimum absolute atomic E-state index is 0.121. The number of halogens is 2. The molecule has 4 nitrogen and oxygen atoms in total. The second-order valence-corrected chi connectivity index (χ2v) is 6.63. The first-order valence-electron chi connectivity index (χ1n) is 8.41. The van der Waals surface area contributed by atoms with Crippen LogP contribution in [0, 0.1) is 11.6 Å². The summed E-state index contributed by atoms with van der Waals surface area (Å²) in [5.41, 5.74) is 1.68. The Hall–Kier alpha value is -2.76. The van der Waals surface area contributed by atoms with E-state index in [0.29, 0.717) is 5.69 Å². The Balaban J connectivity index is 2.28. The molecular weight excluding hydrogens is 338 g/mol. The lowest BCUT2D eigenvalue weighted by molar-refractivity contribution is -0.133. The largest absolute Gasteiger partial charge is 0.317 e. The molecule has 138 valence electrons. The average molecular weight is 360 g/mol. The van der Waals surface area contributed by atoms with Gasteiger partial charge in [-0.1, -0.05) is 52.0 Å². The van der Waals surface area contributed by atoms with Gasteiger partial charge < -0.3 is 10.6 Å². The summed E-state index contributed by atoms with van der Waals surface area (Å²) in [6.45, 7) is 7.90. The molecule has 2 aromatic rings. The number of anilines is 2. The summed E-state index contributed by atoms with van der Waals surface area (Å²) in [6, 6.07) is 8.83. The molecule has 0 saturated heterocycles. The maximum absolute atomic E-state index is 13.7. The van der Waals surface area contributed by atoms with E-state index in [1.54, 1.807) is 0 Å².